The fourth-order valence-electron chi connectivity index (χ4n) is 6.88. The maximum atomic E-state index is 13.5. The second kappa shape index (κ2) is 7.83. The van der Waals surface area contributed by atoms with Gasteiger partial charge in [-0.25, -0.2) is 0 Å². The largest absolute Gasteiger partial charge is 0.490 e. The molecule has 2 unspecified atom stereocenters. The standard InChI is InChI=1S/C26H34N2O3/c29-25(20-4-5-20)27-8-6-23(7-9-27)31-24-3-1-2-21(15-24)26(30)28-16-19-11-17-10-18(12-19)14-22(28)13-17/h1-3,15,17-20,22-23H,4-14,16H2/t17-,18+,19?,22?. The van der Waals surface area contributed by atoms with Crippen molar-refractivity contribution in [2.75, 3.05) is 19.6 Å². The molecule has 31 heavy (non-hydrogen) atoms. The van der Waals surface area contributed by atoms with E-state index >= 15 is 0 Å². The van der Waals surface area contributed by atoms with E-state index in [4.69, 9.17) is 4.74 Å². The van der Waals surface area contributed by atoms with Gasteiger partial charge in [-0.3, -0.25) is 9.59 Å². The van der Waals surface area contributed by atoms with Gasteiger partial charge in [0.1, 0.15) is 11.9 Å². The van der Waals surface area contributed by atoms with Gasteiger partial charge in [-0.15, -0.1) is 0 Å². The first kappa shape index (κ1) is 19.6. The van der Waals surface area contributed by atoms with Crippen LogP contribution in [0.15, 0.2) is 24.3 Å². The number of fused-ring (bicyclic) bond motifs is 1. The summed E-state index contributed by atoms with van der Waals surface area (Å²) in [4.78, 5) is 30.0. The highest BCUT2D eigenvalue weighted by molar-refractivity contribution is 5.95. The van der Waals surface area contributed by atoms with E-state index in [0.29, 0.717) is 23.8 Å². The zero-order valence-corrected chi connectivity index (χ0v) is 18.4. The van der Waals surface area contributed by atoms with Crippen LogP contribution in [0.25, 0.3) is 0 Å². The summed E-state index contributed by atoms with van der Waals surface area (Å²) >= 11 is 0. The van der Waals surface area contributed by atoms with E-state index in [-0.39, 0.29) is 12.0 Å². The molecule has 0 N–H and O–H groups in total. The lowest BCUT2D eigenvalue weighted by Crippen LogP contribution is -2.42. The molecule has 4 atom stereocenters. The lowest BCUT2D eigenvalue weighted by atomic mass is 9.68. The fourth-order valence-corrected chi connectivity index (χ4v) is 6.88. The van der Waals surface area contributed by atoms with E-state index in [1.54, 1.807) is 0 Å². The Hall–Kier alpha value is -2.04. The third-order valence-corrected chi connectivity index (χ3v) is 8.43. The number of benzene rings is 1. The molecule has 1 aromatic carbocycles. The minimum Gasteiger partial charge on any atom is -0.490 e. The van der Waals surface area contributed by atoms with Crippen LogP contribution in [0.2, 0.25) is 0 Å². The van der Waals surface area contributed by atoms with Crippen LogP contribution < -0.4 is 4.74 Å². The summed E-state index contributed by atoms with van der Waals surface area (Å²) in [5.74, 6) is 3.99. The monoisotopic (exact) mass is 422 g/mol. The zero-order chi connectivity index (χ0) is 20.9. The first-order chi connectivity index (χ1) is 15.1. The summed E-state index contributed by atoms with van der Waals surface area (Å²) in [5, 5.41) is 0. The van der Waals surface area contributed by atoms with Crippen molar-refractivity contribution in [3.8, 4) is 5.75 Å². The molecule has 3 saturated carbocycles. The first-order valence-corrected chi connectivity index (χ1v) is 12.5. The third kappa shape index (κ3) is 3.96. The Morgan fingerprint density at radius 1 is 0.871 bits per heavy atom. The zero-order valence-electron chi connectivity index (χ0n) is 18.4. The number of hydrogen-bond acceptors (Lipinski definition) is 3. The van der Waals surface area contributed by atoms with Gasteiger partial charge in [-0.05, 0) is 80.9 Å². The molecule has 7 rings (SSSR count). The number of ether oxygens (including phenoxy) is 1. The minimum absolute atomic E-state index is 0.123. The third-order valence-electron chi connectivity index (χ3n) is 8.43. The van der Waals surface area contributed by atoms with E-state index in [2.05, 4.69) is 4.90 Å². The van der Waals surface area contributed by atoms with E-state index in [1.807, 2.05) is 29.2 Å². The van der Waals surface area contributed by atoms with Gasteiger partial charge in [-0.1, -0.05) is 6.07 Å². The average molecular weight is 423 g/mol. The number of nitrogens with zero attached hydrogens (tertiary/aromatic N) is 2. The van der Waals surface area contributed by atoms with Crippen molar-refractivity contribution in [2.45, 2.75) is 69.9 Å². The Kier molecular flexibility index (Phi) is 4.96. The Labute approximate surface area is 185 Å². The lowest BCUT2D eigenvalue weighted by molar-refractivity contribution is -0.134. The van der Waals surface area contributed by atoms with Gasteiger partial charge in [0.2, 0.25) is 5.91 Å². The molecule has 4 bridgehead atoms. The van der Waals surface area contributed by atoms with E-state index in [1.165, 1.54) is 32.1 Å². The molecular weight excluding hydrogens is 388 g/mol. The van der Waals surface area contributed by atoms with Crippen LogP contribution >= 0.6 is 0 Å². The molecule has 5 nitrogen and oxygen atoms in total. The maximum absolute atomic E-state index is 13.5. The van der Waals surface area contributed by atoms with Crippen LogP contribution in [0.5, 0.6) is 5.75 Å². The van der Waals surface area contributed by atoms with Crippen molar-refractivity contribution in [2.24, 2.45) is 23.7 Å². The van der Waals surface area contributed by atoms with Crippen molar-refractivity contribution < 1.29 is 14.3 Å². The lowest BCUT2D eigenvalue weighted by Gasteiger charge is -2.39. The van der Waals surface area contributed by atoms with Crippen LogP contribution in [0.1, 0.15) is 68.1 Å². The molecule has 3 aliphatic carbocycles. The topological polar surface area (TPSA) is 49.9 Å². The average Bonchev–Trinajstić information content (AvgIpc) is 3.63. The number of amides is 2. The smallest absolute Gasteiger partial charge is 0.254 e. The number of piperidine rings is 1. The van der Waals surface area contributed by atoms with Crippen molar-refractivity contribution >= 4 is 11.8 Å². The molecule has 0 aromatic heterocycles. The SMILES string of the molecule is O=C(C1CC1)N1CCC(Oc2cccc(C(=O)N3CC4C[C@@H]5CC3C[C@H](C4)C5)c2)CC1. The van der Waals surface area contributed by atoms with E-state index < -0.39 is 0 Å². The van der Waals surface area contributed by atoms with E-state index in [0.717, 1.165) is 68.5 Å². The Morgan fingerprint density at radius 2 is 1.58 bits per heavy atom. The Balaban J connectivity index is 1.10. The van der Waals surface area contributed by atoms with Crippen LogP contribution in [-0.2, 0) is 4.79 Å². The Bertz CT molecular complexity index is 844. The molecule has 6 fully saturated rings. The second-order valence-electron chi connectivity index (χ2n) is 10.8. The summed E-state index contributed by atoms with van der Waals surface area (Å²) < 4.78 is 6.26. The van der Waals surface area contributed by atoms with Gasteiger partial charge < -0.3 is 14.5 Å². The highest BCUT2D eigenvalue weighted by atomic mass is 16.5. The molecule has 3 aliphatic heterocycles. The van der Waals surface area contributed by atoms with Crippen molar-refractivity contribution in [1.82, 2.24) is 9.80 Å². The molecule has 0 spiro atoms. The summed E-state index contributed by atoms with van der Waals surface area (Å²) in [6.07, 6.45) is 10.4. The molecule has 1 aromatic rings. The number of carbonyl (C=O) groups is 2. The number of rotatable bonds is 4. The van der Waals surface area contributed by atoms with Gasteiger partial charge in [-0.2, -0.15) is 0 Å². The predicted octanol–water partition coefficient (Wildman–Crippen LogP) is 4.12. The molecular formula is C26H34N2O3. The predicted molar refractivity (Wildman–Crippen MR) is 118 cm³/mol. The number of likely N-dealkylation sites (tertiary alicyclic amines) is 1. The fraction of sp³-hybridized carbons (Fsp3) is 0.692. The maximum Gasteiger partial charge on any atom is 0.254 e. The van der Waals surface area contributed by atoms with Crippen molar-refractivity contribution in [1.29, 1.82) is 0 Å². The second-order valence-corrected chi connectivity index (χ2v) is 10.8. The highest BCUT2D eigenvalue weighted by Gasteiger charge is 2.44. The van der Waals surface area contributed by atoms with E-state index in [9.17, 15) is 9.59 Å². The van der Waals surface area contributed by atoms with Crippen molar-refractivity contribution in [3.05, 3.63) is 29.8 Å². The molecule has 3 saturated heterocycles. The number of hydrogen-bond donors (Lipinski definition) is 0. The minimum atomic E-state index is 0.123. The van der Waals surface area contributed by atoms with Crippen molar-refractivity contribution in [3.63, 3.8) is 0 Å². The quantitative estimate of drug-likeness (QED) is 0.734. The summed E-state index contributed by atoms with van der Waals surface area (Å²) in [7, 11) is 0. The van der Waals surface area contributed by atoms with Gasteiger partial charge in [0, 0.05) is 50.0 Å². The molecule has 3 heterocycles. The molecule has 166 valence electrons. The summed E-state index contributed by atoms with van der Waals surface area (Å²) in [6, 6.07) is 8.24. The van der Waals surface area contributed by atoms with Crippen LogP contribution in [-0.4, -0.2) is 53.4 Å². The van der Waals surface area contributed by atoms with Crippen LogP contribution in [0.4, 0.5) is 0 Å². The summed E-state index contributed by atoms with van der Waals surface area (Å²) in [6.45, 7) is 2.52. The first-order valence-electron chi connectivity index (χ1n) is 12.5. The molecule has 6 aliphatic rings. The molecule has 2 amide bonds. The molecule has 5 heteroatoms. The van der Waals surface area contributed by atoms with Gasteiger partial charge >= 0.3 is 0 Å². The normalized spacial score (nSPS) is 32.8. The summed E-state index contributed by atoms with van der Waals surface area (Å²) in [5.41, 5.74) is 0.764. The molecule has 0 radical (unpaired) electrons. The van der Waals surface area contributed by atoms with Gasteiger partial charge in [0.25, 0.3) is 5.91 Å². The van der Waals surface area contributed by atoms with Crippen LogP contribution in [0, 0.1) is 23.7 Å². The van der Waals surface area contributed by atoms with Gasteiger partial charge in [0.15, 0.2) is 0 Å². The van der Waals surface area contributed by atoms with Gasteiger partial charge in [0.05, 0.1) is 0 Å². The Morgan fingerprint density at radius 3 is 2.29 bits per heavy atom. The van der Waals surface area contributed by atoms with Crippen LogP contribution in [0.3, 0.4) is 0 Å². The number of carbonyl (C=O) groups excluding carboxylic acids is 2. The highest BCUT2D eigenvalue weighted by Crippen LogP contribution is 2.47.